The number of carbonyl (C=O) groups excluding carboxylic acids is 1. The second-order valence-corrected chi connectivity index (χ2v) is 6.74. The number of hydrogen-bond acceptors (Lipinski definition) is 7. The Morgan fingerprint density at radius 1 is 1.32 bits per heavy atom. The van der Waals surface area contributed by atoms with E-state index in [4.69, 9.17) is 10.3 Å². The molecular formula is C18H24ClN7O2. The molecule has 1 amide bonds. The lowest BCUT2D eigenvalue weighted by Gasteiger charge is -2.14. The fourth-order valence-corrected chi connectivity index (χ4v) is 2.53. The van der Waals surface area contributed by atoms with Crippen LogP contribution in [0.15, 0.2) is 28.9 Å². The van der Waals surface area contributed by atoms with Crippen LogP contribution in [0.5, 0.6) is 0 Å². The minimum Gasteiger partial charge on any atom is -0.346 e. The van der Waals surface area contributed by atoms with E-state index in [0.717, 1.165) is 11.4 Å². The maximum atomic E-state index is 11.9. The van der Waals surface area contributed by atoms with E-state index in [9.17, 15) is 4.79 Å². The predicted molar refractivity (Wildman–Crippen MR) is 106 cm³/mol. The van der Waals surface area contributed by atoms with E-state index in [-0.39, 0.29) is 30.8 Å². The molecule has 3 aromatic rings. The van der Waals surface area contributed by atoms with Crippen LogP contribution < -0.4 is 11.1 Å². The van der Waals surface area contributed by atoms with E-state index in [0.29, 0.717) is 23.1 Å². The summed E-state index contributed by atoms with van der Waals surface area (Å²) in [5, 5.41) is 11.0. The molecule has 0 aromatic carbocycles. The van der Waals surface area contributed by atoms with Gasteiger partial charge in [-0.1, -0.05) is 19.0 Å². The van der Waals surface area contributed by atoms with Gasteiger partial charge < -0.3 is 15.6 Å². The molecule has 0 unspecified atom stereocenters. The molecule has 0 aliphatic rings. The number of carbonyl (C=O) groups is 1. The molecule has 9 nitrogen and oxygen atoms in total. The van der Waals surface area contributed by atoms with Gasteiger partial charge in [0.1, 0.15) is 0 Å². The lowest BCUT2D eigenvalue weighted by atomic mass is 10.1. The van der Waals surface area contributed by atoms with E-state index < -0.39 is 6.04 Å². The quantitative estimate of drug-likeness (QED) is 0.642. The smallest absolute Gasteiger partial charge is 0.246 e. The van der Waals surface area contributed by atoms with Crippen LogP contribution in [-0.4, -0.2) is 36.9 Å². The summed E-state index contributed by atoms with van der Waals surface area (Å²) < 4.78 is 6.96. The lowest BCUT2D eigenvalue weighted by molar-refractivity contribution is -0.123. The second kappa shape index (κ2) is 8.94. The van der Waals surface area contributed by atoms with Gasteiger partial charge in [0.05, 0.1) is 18.3 Å². The van der Waals surface area contributed by atoms with Crippen LogP contribution in [0.1, 0.15) is 31.1 Å². The summed E-state index contributed by atoms with van der Waals surface area (Å²) in [7, 11) is 0. The Labute approximate surface area is 169 Å². The Hall–Kier alpha value is -2.78. The molecule has 0 aliphatic heterocycles. The van der Waals surface area contributed by atoms with Crippen molar-refractivity contribution in [3.8, 4) is 17.2 Å². The van der Waals surface area contributed by atoms with Crippen LogP contribution >= 0.6 is 12.4 Å². The zero-order valence-electron chi connectivity index (χ0n) is 16.2. The number of rotatable bonds is 6. The van der Waals surface area contributed by atoms with Crippen molar-refractivity contribution in [3.05, 3.63) is 41.7 Å². The molecule has 0 saturated carbocycles. The maximum absolute atomic E-state index is 11.9. The highest BCUT2D eigenvalue weighted by Gasteiger charge is 2.18. The third-order valence-corrected chi connectivity index (χ3v) is 4.14. The molecule has 0 saturated heterocycles. The Balaban J connectivity index is 0.00000280. The van der Waals surface area contributed by atoms with E-state index in [1.807, 2.05) is 45.9 Å². The third kappa shape index (κ3) is 4.73. The Kier molecular flexibility index (Phi) is 6.87. The number of nitrogens with zero attached hydrogens (tertiary/aromatic N) is 5. The normalized spacial score (nSPS) is 11.9. The molecule has 0 bridgehead atoms. The van der Waals surface area contributed by atoms with Crippen LogP contribution in [0.3, 0.4) is 0 Å². The summed E-state index contributed by atoms with van der Waals surface area (Å²) in [6.45, 7) is 7.81. The topological polar surface area (TPSA) is 125 Å². The Morgan fingerprint density at radius 2 is 2.07 bits per heavy atom. The molecule has 1 atom stereocenters. The average Bonchev–Trinajstić information content (AvgIpc) is 3.25. The largest absolute Gasteiger partial charge is 0.346 e. The number of aromatic nitrogens is 5. The summed E-state index contributed by atoms with van der Waals surface area (Å²) in [5.41, 5.74) is 8.44. The van der Waals surface area contributed by atoms with E-state index in [1.165, 1.54) is 0 Å². The summed E-state index contributed by atoms with van der Waals surface area (Å²) >= 11 is 0. The highest BCUT2D eigenvalue weighted by atomic mass is 35.5. The lowest BCUT2D eigenvalue weighted by Crippen LogP contribution is -2.43. The number of amides is 1. The number of hydrogen-bond donors (Lipinski definition) is 2. The molecule has 150 valence electrons. The van der Waals surface area contributed by atoms with Crippen molar-refractivity contribution < 1.29 is 9.32 Å². The average molecular weight is 406 g/mol. The highest BCUT2D eigenvalue weighted by Crippen LogP contribution is 2.17. The molecule has 0 aliphatic carbocycles. The van der Waals surface area contributed by atoms with Crippen molar-refractivity contribution in [3.63, 3.8) is 0 Å². The van der Waals surface area contributed by atoms with Crippen molar-refractivity contribution in [1.82, 2.24) is 30.2 Å². The zero-order chi connectivity index (χ0) is 19.6. The van der Waals surface area contributed by atoms with Crippen molar-refractivity contribution >= 4 is 18.3 Å². The molecule has 0 fully saturated rings. The zero-order valence-corrected chi connectivity index (χ0v) is 17.0. The number of pyridine rings is 1. The first kappa shape index (κ1) is 21.5. The summed E-state index contributed by atoms with van der Waals surface area (Å²) in [5.74, 6) is 1.22. The second-order valence-electron chi connectivity index (χ2n) is 6.74. The third-order valence-electron chi connectivity index (χ3n) is 4.14. The number of nitrogens with two attached hydrogens (primary N) is 1. The summed E-state index contributed by atoms with van der Waals surface area (Å²) in [6.07, 6.45) is 1.66. The molecule has 0 radical (unpaired) electrons. The Morgan fingerprint density at radius 3 is 2.64 bits per heavy atom. The fraction of sp³-hybridized carbons (Fsp3) is 0.389. The van der Waals surface area contributed by atoms with Gasteiger partial charge in [0, 0.05) is 17.5 Å². The van der Waals surface area contributed by atoms with Gasteiger partial charge in [-0.3, -0.25) is 4.79 Å². The van der Waals surface area contributed by atoms with Crippen LogP contribution in [0.2, 0.25) is 0 Å². The van der Waals surface area contributed by atoms with Crippen LogP contribution in [0, 0.1) is 19.8 Å². The van der Waals surface area contributed by atoms with Gasteiger partial charge in [-0.2, -0.15) is 10.1 Å². The van der Waals surface area contributed by atoms with E-state index >= 15 is 0 Å². The number of halogens is 1. The van der Waals surface area contributed by atoms with Crippen LogP contribution in [0.25, 0.3) is 17.2 Å². The molecule has 3 N–H and O–H groups in total. The maximum Gasteiger partial charge on any atom is 0.246 e. The SMILES string of the molecule is Cc1cc(C)n(-c2ccc(-c3noc(CNC(=O)[C@@H](N)C(C)C)n3)cn2)n1.Cl. The van der Waals surface area contributed by atoms with Gasteiger partial charge in [0.2, 0.25) is 17.6 Å². The molecule has 10 heteroatoms. The summed E-state index contributed by atoms with van der Waals surface area (Å²) in [4.78, 5) is 20.6. The van der Waals surface area contributed by atoms with Crippen LogP contribution in [-0.2, 0) is 11.3 Å². The standard InChI is InChI=1S/C18H23N7O2.ClH/c1-10(2)16(19)18(26)21-9-15-22-17(24-27-15)13-5-6-14(20-8-13)25-12(4)7-11(3)23-25;/h5-8,10,16H,9,19H2,1-4H3,(H,21,26);1H/t16-;/m0./s1. The van der Waals surface area contributed by atoms with Crippen molar-refractivity contribution in [2.24, 2.45) is 11.7 Å². The van der Waals surface area contributed by atoms with Gasteiger partial charge in [-0.05, 0) is 38.0 Å². The number of nitrogens with one attached hydrogen (secondary N) is 1. The fourth-order valence-electron chi connectivity index (χ4n) is 2.53. The first-order valence-corrected chi connectivity index (χ1v) is 8.71. The van der Waals surface area contributed by atoms with Crippen LogP contribution in [0.4, 0.5) is 0 Å². The minimum absolute atomic E-state index is 0. The predicted octanol–water partition coefficient (Wildman–Crippen LogP) is 1.96. The van der Waals surface area contributed by atoms with E-state index in [2.05, 4.69) is 25.5 Å². The molecule has 3 heterocycles. The summed E-state index contributed by atoms with van der Waals surface area (Å²) in [6, 6.07) is 5.11. The monoisotopic (exact) mass is 405 g/mol. The highest BCUT2D eigenvalue weighted by molar-refractivity contribution is 5.85. The van der Waals surface area contributed by atoms with Gasteiger partial charge in [0.25, 0.3) is 0 Å². The Bertz CT molecular complexity index is 934. The minimum atomic E-state index is -0.571. The van der Waals surface area contributed by atoms with Crippen molar-refractivity contribution in [1.29, 1.82) is 0 Å². The molecule has 3 aromatic heterocycles. The van der Waals surface area contributed by atoms with E-state index in [1.54, 1.807) is 10.9 Å². The molecular weight excluding hydrogens is 382 g/mol. The first-order chi connectivity index (χ1) is 12.8. The molecule has 28 heavy (non-hydrogen) atoms. The molecule has 0 spiro atoms. The number of aryl methyl sites for hydroxylation is 2. The van der Waals surface area contributed by atoms with Crippen molar-refractivity contribution in [2.45, 2.75) is 40.3 Å². The molecule has 3 rings (SSSR count). The first-order valence-electron chi connectivity index (χ1n) is 8.71. The van der Waals surface area contributed by atoms with Crippen molar-refractivity contribution in [2.75, 3.05) is 0 Å². The van der Waals surface area contributed by atoms with Gasteiger partial charge in [-0.15, -0.1) is 12.4 Å². The van der Waals surface area contributed by atoms with Gasteiger partial charge in [0.15, 0.2) is 5.82 Å². The van der Waals surface area contributed by atoms with Gasteiger partial charge >= 0.3 is 0 Å². The van der Waals surface area contributed by atoms with Gasteiger partial charge in [-0.25, -0.2) is 9.67 Å².